The summed E-state index contributed by atoms with van der Waals surface area (Å²) in [6.07, 6.45) is 5.45. The number of benzene rings is 1. The lowest BCUT2D eigenvalue weighted by atomic mass is 9.91. The predicted molar refractivity (Wildman–Crippen MR) is 229 cm³/mol. The van der Waals surface area contributed by atoms with Gasteiger partial charge < -0.3 is 32.9 Å². The van der Waals surface area contributed by atoms with Crippen molar-refractivity contribution < 1.29 is 32.9 Å². The molecule has 9 heteroatoms. The maximum atomic E-state index is 11.8. The van der Waals surface area contributed by atoms with Crippen LogP contribution in [0.4, 0.5) is 0 Å². The third kappa shape index (κ3) is 14.8. The van der Waals surface area contributed by atoms with E-state index in [1.807, 2.05) is 30.3 Å². The van der Waals surface area contributed by atoms with Crippen LogP contribution in [0.3, 0.4) is 0 Å². The molecule has 0 aromatic heterocycles. The van der Waals surface area contributed by atoms with Gasteiger partial charge in [0.15, 0.2) is 0 Å². The van der Waals surface area contributed by atoms with E-state index in [1.54, 1.807) is 14.2 Å². The Hall–Kier alpha value is -1.05. The second kappa shape index (κ2) is 24.6. The summed E-state index contributed by atoms with van der Waals surface area (Å²) >= 11 is 0. The van der Waals surface area contributed by atoms with Gasteiger partial charge in [0.1, 0.15) is 12.5 Å². The summed E-state index contributed by atoms with van der Waals surface area (Å²) in [6.45, 7) is 35.8. The van der Waals surface area contributed by atoms with Crippen molar-refractivity contribution in [2.24, 2.45) is 5.92 Å². The highest BCUT2D eigenvalue weighted by Gasteiger charge is 2.48. The summed E-state index contributed by atoms with van der Waals surface area (Å²) < 4.78 is 38.1. The number of hydrogen-bond donors (Lipinski definition) is 1. The van der Waals surface area contributed by atoms with Gasteiger partial charge in [-0.3, -0.25) is 0 Å². The van der Waals surface area contributed by atoms with Crippen LogP contribution in [-0.2, 0) is 29.7 Å². The highest BCUT2D eigenvalue weighted by molar-refractivity contribution is 6.78. The van der Waals surface area contributed by atoms with Crippen molar-refractivity contribution in [3.05, 3.63) is 41.5 Å². The van der Waals surface area contributed by atoms with Crippen molar-refractivity contribution in [2.75, 3.05) is 27.6 Å². The molecule has 0 bridgehead atoms. The van der Waals surface area contributed by atoms with Crippen molar-refractivity contribution >= 4 is 16.6 Å². The Labute approximate surface area is 329 Å². The summed E-state index contributed by atoms with van der Waals surface area (Å²) in [5.74, 6) is 0.657. The first kappa shape index (κ1) is 50.0. The first-order chi connectivity index (χ1) is 24.8. The van der Waals surface area contributed by atoms with Gasteiger partial charge in [-0.25, -0.2) is 0 Å². The Kier molecular flexibility index (Phi) is 23.2. The van der Waals surface area contributed by atoms with Crippen LogP contribution in [-0.4, -0.2) is 73.8 Å². The number of ether oxygens (including phenoxy) is 4. The lowest BCUT2D eigenvalue weighted by Crippen LogP contribution is -2.51. The van der Waals surface area contributed by atoms with Gasteiger partial charge in [0.05, 0.1) is 25.9 Å². The van der Waals surface area contributed by atoms with Crippen molar-refractivity contribution in [3.8, 4) is 5.75 Å². The van der Waals surface area contributed by atoms with E-state index in [0.29, 0.717) is 52.9 Å². The molecule has 0 aliphatic rings. The van der Waals surface area contributed by atoms with Crippen LogP contribution in [0, 0.1) is 5.92 Å². The second-order valence-electron chi connectivity index (χ2n) is 17.5. The van der Waals surface area contributed by atoms with E-state index < -0.39 is 22.7 Å². The lowest BCUT2D eigenvalue weighted by molar-refractivity contribution is -0.114. The van der Waals surface area contributed by atoms with Crippen LogP contribution in [0.25, 0.3) is 0 Å². The topological polar surface area (TPSA) is 75.6 Å². The maximum absolute atomic E-state index is 11.8. The van der Waals surface area contributed by atoms with Crippen molar-refractivity contribution in [1.29, 1.82) is 0 Å². The van der Waals surface area contributed by atoms with Crippen molar-refractivity contribution in [1.82, 2.24) is 0 Å². The number of hydrogen-bond acceptors (Lipinski definition) is 7. The normalized spacial score (nSPS) is 16.3. The zero-order chi connectivity index (χ0) is 40.5. The van der Waals surface area contributed by atoms with Crippen LogP contribution in [0.2, 0.25) is 33.2 Å². The standard InChI is InChI=1S/C44H84O7Si2/c1-18-19-41(50-52(31(2)3,32(4)5)33(6)7)26-37(14)27-43(45)38(15)44(49-30-46-16)28-42(51-53(34(8)9,35(10)11)36(12)13)24-25-48-29-39-20-22-40(47-17)23-21-39/h20-23,27,31-36,38,41-45H,18-19,24-26,28-30H2,1-17H3/b37-27+/t38-,41-,42-,43?,44+/m1/s1. The molecular weight excluding hydrogens is 697 g/mol. The fourth-order valence-electron chi connectivity index (χ4n) is 9.21. The fraction of sp³-hybridized carbons (Fsp3) is 0.818. The van der Waals surface area contributed by atoms with Gasteiger partial charge >= 0.3 is 0 Å². The smallest absolute Gasteiger partial charge is 0.200 e. The molecular formula is C44H84O7Si2. The third-order valence-corrected chi connectivity index (χ3v) is 24.1. The molecule has 1 N–H and O–H groups in total. The molecule has 0 fully saturated rings. The van der Waals surface area contributed by atoms with Crippen LogP contribution >= 0.6 is 0 Å². The molecule has 0 aliphatic carbocycles. The Balaban J connectivity index is 3.34. The SMILES string of the molecule is CCC[C@H](C/C(C)=C/C(O)[C@@H](C)[C@H](C[C@@H](CCOCc1ccc(OC)cc1)O[Si](C(C)C)(C(C)C)C(C)C)OCOC)O[Si](C(C)C)(C(C)C)C(C)C. The van der Waals surface area contributed by atoms with E-state index in [4.69, 9.17) is 27.8 Å². The quantitative estimate of drug-likeness (QED) is 0.0393. The van der Waals surface area contributed by atoms with Gasteiger partial charge in [0, 0.05) is 31.8 Å². The highest BCUT2D eigenvalue weighted by atomic mass is 28.4. The van der Waals surface area contributed by atoms with E-state index in [2.05, 4.69) is 104 Å². The van der Waals surface area contributed by atoms with E-state index in [-0.39, 0.29) is 31.0 Å². The van der Waals surface area contributed by atoms with Gasteiger partial charge in [-0.2, -0.15) is 0 Å². The molecule has 53 heavy (non-hydrogen) atoms. The minimum atomic E-state index is -2.22. The molecule has 0 radical (unpaired) electrons. The molecule has 0 heterocycles. The fourth-order valence-corrected chi connectivity index (χ4v) is 20.4. The zero-order valence-electron chi connectivity index (χ0n) is 37.3. The van der Waals surface area contributed by atoms with E-state index >= 15 is 0 Å². The average molecular weight is 781 g/mol. The molecule has 1 aromatic carbocycles. The Morgan fingerprint density at radius 1 is 0.717 bits per heavy atom. The highest BCUT2D eigenvalue weighted by Crippen LogP contribution is 2.45. The van der Waals surface area contributed by atoms with E-state index in [9.17, 15) is 5.11 Å². The van der Waals surface area contributed by atoms with Gasteiger partial charge in [0.25, 0.3) is 0 Å². The average Bonchev–Trinajstić information content (AvgIpc) is 3.08. The first-order valence-electron chi connectivity index (χ1n) is 20.9. The zero-order valence-corrected chi connectivity index (χ0v) is 39.3. The van der Waals surface area contributed by atoms with E-state index in [0.717, 1.165) is 42.6 Å². The molecule has 0 saturated carbocycles. The monoisotopic (exact) mass is 781 g/mol. The lowest BCUT2D eigenvalue weighted by Gasteiger charge is -2.45. The molecule has 1 aromatic rings. The summed E-state index contributed by atoms with van der Waals surface area (Å²) in [7, 11) is -0.930. The number of rotatable bonds is 28. The Bertz CT molecular complexity index is 1090. The summed E-state index contributed by atoms with van der Waals surface area (Å²) in [6, 6.07) is 8.02. The molecule has 5 atom stereocenters. The summed E-state index contributed by atoms with van der Waals surface area (Å²) in [5, 5.41) is 11.8. The van der Waals surface area contributed by atoms with Crippen molar-refractivity contribution in [2.45, 2.75) is 200 Å². The third-order valence-electron chi connectivity index (χ3n) is 11.8. The van der Waals surface area contributed by atoms with Gasteiger partial charge in [-0.15, -0.1) is 0 Å². The molecule has 1 rings (SSSR count). The number of aliphatic hydroxyl groups is 1. The van der Waals surface area contributed by atoms with E-state index in [1.165, 1.54) is 0 Å². The van der Waals surface area contributed by atoms with Crippen LogP contribution in [0.1, 0.15) is 142 Å². The summed E-state index contributed by atoms with van der Waals surface area (Å²) in [4.78, 5) is 0. The largest absolute Gasteiger partial charge is 0.497 e. The van der Waals surface area contributed by atoms with Crippen molar-refractivity contribution in [3.63, 3.8) is 0 Å². The predicted octanol–water partition coefficient (Wildman–Crippen LogP) is 12.2. The van der Waals surface area contributed by atoms with Crippen LogP contribution < -0.4 is 4.74 Å². The second-order valence-corrected chi connectivity index (χ2v) is 28.3. The molecule has 0 saturated heterocycles. The first-order valence-corrected chi connectivity index (χ1v) is 25.1. The maximum Gasteiger partial charge on any atom is 0.200 e. The molecule has 310 valence electrons. The van der Waals surface area contributed by atoms with Crippen LogP contribution in [0.15, 0.2) is 35.9 Å². The van der Waals surface area contributed by atoms with Crippen LogP contribution in [0.5, 0.6) is 5.75 Å². The molecule has 0 aliphatic heterocycles. The Morgan fingerprint density at radius 3 is 1.64 bits per heavy atom. The minimum absolute atomic E-state index is 0.0881. The molecule has 0 amide bonds. The number of methoxy groups -OCH3 is 2. The molecule has 1 unspecified atom stereocenters. The molecule has 0 spiro atoms. The summed E-state index contributed by atoms with van der Waals surface area (Å²) in [5.41, 5.74) is 5.19. The minimum Gasteiger partial charge on any atom is -0.497 e. The number of aliphatic hydroxyl groups excluding tert-OH is 1. The molecule has 7 nitrogen and oxygen atoms in total. The Morgan fingerprint density at radius 2 is 1.21 bits per heavy atom. The van der Waals surface area contributed by atoms with Gasteiger partial charge in [-0.05, 0) is 83.6 Å². The van der Waals surface area contributed by atoms with Gasteiger partial charge in [0.2, 0.25) is 16.6 Å². The van der Waals surface area contributed by atoms with Gasteiger partial charge in [-0.1, -0.05) is 127 Å².